The Labute approximate surface area is 221 Å². The highest BCUT2D eigenvalue weighted by Crippen LogP contribution is 2.30. The van der Waals surface area contributed by atoms with Gasteiger partial charge in [-0.2, -0.15) is 0 Å². The second-order valence-electron chi connectivity index (χ2n) is 9.01. The van der Waals surface area contributed by atoms with Crippen molar-refractivity contribution in [1.82, 2.24) is 24.8 Å². The van der Waals surface area contributed by atoms with E-state index < -0.39 is 0 Å². The molecule has 0 bridgehead atoms. The van der Waals surface area contributed by atoms with Crippen LogP contribution in [0.5, 0.6) is 17.2 Å². The van der Waals surface area contributed by atoms with Crippen molar-refractivity contribution >= 4 is 28.6 Å². The van der Waals surface area contributed by atoms with Crippen LogP contribution in [0.1, 0.15) is 16.9 Å². The summed E-state index contributed by atoms with van der Waals surface area (Å²) in [6.07, 6.45) is 2.45. The minimum absolute atomic E-state index is 0.218. The van der Waals surface area contributed by atoms with Gasteiger partial charge < -0.3 is 29.4 Å². The number of carbonyl (C=O) groups is 1. The van der Waals surface area contributed by atoms with Gasteiger partial charge in [-0.3, -0.25) is 14.7 Å². The summed E-state index contributed by atoms with van der Waals surface area (Å²) in [4.78, 5) is 23.9. The first kappa shape index (κ1) is 25.5. The van der Waals surface area contributed by atoms with Crippen LogP contribution in [0.15, 0.2) is 60.8 Å². The number of aromatic nitrogens is 3. The molecule has 1 aliphatic heterocycles. The van der Waals surface area contributed by atoms with Crippen molar-refractivity contribution in [3.8, 4) is 17.2 Å². The van der Waals surface area contributed by atoms with Gasteiger partial charge in [-0.25, -0.2) is 4.98 Å². The van der Waals surface area contributed by atoms with Gasteiger partial charge in [-0.1, -0.05) is 12.1 Å². The second-order valence-corrected chi connectivity index (χ2v) is 9.01. The fourth-order valence-electron chi connectivity index (χ4n) is 4.38. The van der Waals surface area contributed by atoms with Crippen molar-refractivity contribution in [2.45, 2.75) is 6.42 Å². The predicted octanol–water partition coefficient (Wildman–Crippen LogP) is 3.96. The van der Waals surface area contributed by atoms with Crippen LogP contribution in [0.4, 0.5) is 11.6 Å². The van der Waals surface area contributed by atoms with Crippen LogP contribution in [-0.4, -0.2) is 71.8 Å². The highest BCUT2D eigenvalue weighted by atomic mass is 16.5. The van der Waals surface area contributed by atoms with Gasteiger partial charge in [-0.15, -0.1) is 0 Å². The molecule has 0 unspecified atom stereocenters. The van der Waals surface area contributed by atoms with E-state index in [1.807, 2.05) is 54.1 Å². The first-order chi connectivity index (χ1) is 18.6. The van der Waals surface area contributed by atoms with Crippen LogP contribution in [0.2, 0.25) is 0 Å². The molecular formula is C28H32N6O4. The van der Waals surface area contributed by atoms with E-state index >= 15 is 0 Å². The Bertz CT molecular complexity index is 1400. The number of morpholine rings is 1. The Kier molecular flexibility index (Phi) is 8.01. The molecule has 2 aromatic heterocycles. The molecule has 1 fully saturated rings. The molecule has 10 heteroatoms. The lowest BCUT2D eigenvalue weighted by Gasteiger charge is -2.26. The molecule has 5 rings (SSSR count). The number of benzene rings is 2. The summed E-state index contributed by atoms with van der Waals surface area (Å²) in [5.74, 6) is 2.34. The van der Waals surface area contributed by atoms with Crippen LogP contribution in [-0.2, 0) is 11.8 Å². The van der Waals surface area contributed by atoms with Crippen molar-refractivity contribution in [3.63, 3.8) is 0 Å². The van der Waals surface area contributed by atoms with Crippen molar-refractivity contribution in [1.29, 1.82) is 0 Å². The summed E-state index contributed by atoms with van der Waals surface area (Å²) in [6.45, 7) is 4.96. The van der Waals surface area contributed by atoms with E-state index in [4.69, 9.17) is 19.2 Å². The summed E-state index contributed by atoms with van der Waals surface area (Å²) in [5.41, 5.74) is 2.86. The first-order valence-corrected chi connectivity index (χ1v) is 12.7. The number of rotatable bonds is 10. The number of ether oxygens (including phenoxy) is 3. The summed E-state index contributed by atoms with van der Waals surface area (Å²) < 4.78 is 18.8. The number of pyridine rings is 1. The Hall–Kier alpha value is -4.15. The molecule has 0 radical (unpaired) electrons. The topological polar surface area (TPSA) is 103 Å². The van der Waals surface area contributed by atoms with E-state index in [2.05, 4.69) is 20.5 Å². The number of aryl methyl sites for hydroxylation is 1. The maximum absolute atomic E-state index is 12.6. The Morgan fingerprint density at radius 2 is 1.89 bits per heavy atom. The van der Waals surface area contributed by atoms with Gasteiger partial charge >= 0.3 is 0 Å². The normalized spacial score (nSPS) is 13.8. The summed E-state index contributed by atoms with van der Waals surface area (Å²) in [6, 6.07) is 16.8. The molecule has 10 nitrogen and oxygen atoms in total. The zero-order chi connectivity index (χ0) is 26.3. The van der Waals surface area contributed by atoms with Crippen molar-refractivity contribution in [3.05, 3.63) is 66.5 Å². The van der Waals surface area contributed by atoms with E-state index in [9.17, 15) is 4.79 Å². The smallest absolute Gasteiger partial charge is 0.270 e. The molecule has 0 aliphatic carbocycles. The van der Waals surface area contributed by atoms with E-state index in [-0.39, 0.29) is 5.91 Å². The number of fused-ring (bicyclic) bond motifs is 1. The molecule has 0 atom stereocenters. The third kappa shape index (κ3) is 6.04. The van der Waals surface area contributed by atoms with Crippen LogP contribution in [0.25, 0.3) is 11.0 Å². The van der Waals surface area contributed by atoms with Crippen molar-refractivity contribution in [2.75, 3.05) is 51.8 Å². The lowest BCUT2D eigenvalue weighted by molar-refractivity contribution is 0.0374. The van der Waals surface area contributed by atoms with E-state index in [0.717, 1.165) is 61.7 Å². The molecular weight excluding hydrogens is 484 g/mol. The fraction of sp³-hybridized carbons (Fsp3) is 0.321. The van der Waals surface area contributed by atoms with Crippen LogP contribution >= 0.6 is 0 Å². The van der Waals surface area contributed by atoms with Gasteiger partial charge in [0.15, 0.2) is 0 Å². The quantitative estimate of drug-likeness (QED) is 0.305. The van der Waals surface area contributed by atoms with Gasteiger partial charge in [0.2, 0.25) is 5.95 Å². The average molecular weight is 517 g/mol. The SMILES string of the molecule is COc1ccccc1Nc1nc2cc(Oc3ccnc(C(=O)NCCCN4CCOCC4)c3)ccc2n1C. The maximum atomic E-state index is 12.6. The molecule has 2 aromatic carbocycles. The van der Waals surface area contributed by atoms with Crippen molar-refractivity contribution < 1.29 is 19.0 Å². The first-order valence-electron chi connectivity index (χ1n) is 12.7. The zero-order valence-corrected chi connectivity index (χ0v) is 21.6. The van der Waals surface area contributed by atoms with Gasteiger partial charge in [0, 0.05) is 45.0 Å². The van der Waals surface area contributed by atoms with Crippen molar-refractivity contribution in [2.24, 2.45) is 7.05 Å². The molecule has 2 N–H and O–H groups in total. The third-order valence-electron chi connectivity index (χ3n) is 6.45. The number of methoxy groups -OCH3 is 1. The fourth-order valence-corrected chi connectivity index (χ4v) is 4.38. The number of para-hydroxylation sites is 2. The monoisotopic (exact) mass is 516 g/mol. The highest BCUT2D eigenvalue weighted by Gasteiger charge is 2.14. The Balaban J connectivity index is 1.22. The largest absolute Gasteiger partial charge is 0.495 e. The molecule has 1 saturated heterocycles. The van der Waals surface area contributed by atoms with Gasteiger partial charge in [0.05, 0.1) is 37.0 Å². The number of carbonyl (C=O) groups excluding carboxylic acids is 1. The maximum Gasteiger partial charge on any atom is 0.270 e. The zero-order valence-electron chi connectivity index (χ0n) is 21.6. The van der Waals surface area contributed by atoms with Gasteiger partial charge in [0.25, 0.3) is 5.91 Å². The van der Waals surface area contributed by atoms with Crippen LogP contribution in [0, 0.1) is 0 Å². The third-order valence-corrected chi connectivity index (χ3v) is 6.45. The molecule has 4 aromatic rings. The highest BCUT2D eigenvalue weighted by molar-refractivity contribution is 5.92. The molecule has 0 saturated carbocycles. The number of imidazole rings is 1. The number of nitrogens with zero attached hydrogens (tertiary/aromatic N) is 4. The summed E-state index contributed by atoms with van der Waals surface area (Å²) in [5, 5.41) is 6.28. The van der Waals surface area contributed by atoms with Gasteiger partial charge in [-0.05, 0) is 43.3 Å². The predicted molar refractivity (Wildman–Crippen MR) is 146 cm³/mol. The van der Waals surface area contributed by atoms with E-state index in [0.29, 0.717) is 29.7 Å². The van der Waals surface area contributed by atoms with Crippen LogP contribution < -0.4 is 20.1 Å². The average Bonchev–Trinajstić information content (AvgIpc) is 3.26. The molecule has 38 heavy (non-hydrogen) atoms. The van der Waals surface area contributed by atoms with E-state index in [1.165, 1.54) is 0 Å². The Morgan fingerprint density at radius 3 is 2.74 bits per heavy atom. The Morgan fingerprint density at radius 1 is 1.08 bits per heavy atom. The second kappa shape index (κ2) is 11.9. The number of amides is 1. The molecule has 1 aliphatic rings. The molecule has 198 valence electrons. The number of anilines is 2. The van der Waals surface area contributed by atoms with Gasteiger partial charge in [0.1, 0.15) is 22.9 Å². The number of hydrogen-bond acceptors (Lipinski definition) is 8. The summed E-state index contributed by atoms with van der Waals surface area (Å²) in [7, 11) is 3.59. The minimum Gasteiger partial charge on any atom is -0.495 e. The summed E-state index contributed by atoms with van der Waals surface area (Å²) >= 11 is 0. The molecule has 1 amide bonds. The van der Waals surface area contributed by atoms with E-state index in [1.54, 1.807) is 25.4 Å². The number of nitrogens with one attached hydrogen (secondary N) is 2. The lowest BCUT2D eigenvalue weighted by Crippen LogP contribution is -2.38. The lowest BCUT2D eigenvalue weighted by atomic mass is 10.3. The molecule has 0 spiro atoms. The number of hydrogen-bond donors (Lipinski definition) is 2. The standard InChI is InChI=1S/C28H32N6O4/c1-33-25-9-8-20(18-23(25)32-28(33)31-22-6-3-4-7-26(22)36-2)38-21-10-12-29-24(19-21)27(35)30-11-5-13-34-14-16-37-17-15-34/h3-4,6-10,12,18-19H,5,11,13-17H2,1-2H3,(H,30,35)(H,31,32). The molecule has 3 heterocycles. The minimum atomic E-state index is -0.218. The van der Waals surface area contributed by atoms with Crippen LogP contribution in [0.3, 0.4) is 0 Å².